The fourth-order valence-corrected chi connectivity index (χ4v) is 1.69. The molecule has 82 valence electrons. The van der Waals surface area contributed by atoms with Gasteiger partial charge in [-0.05, 0) is 24.5 Å². The highest BCUT2D eigenvalue weighted by Gasteiger charge is 2.15. The Morgan fingerprint density at radius 3 is 3.13 bits per heavy atom. The molecule has 1 fully saturated rings. The molecule has 1 unspecified atom stereocenters. The van der Waals surface area contributed by atoms with Gasteiger partial charge >= 0.3 is 0 Å². The van der Waals surface area contributed by atoms with Crippen LogP contribution in [0.25, 0.3) is 0 Å². The first-order chi connectivity index (χ1) is 7.34. The maximum Gasteiger partial charge on any atom is 0.129 e. The lowest BCUT2D eigenvalue weighted by molar-refractivity contribution is 0.0105. The lowest BCUT2D eigenvalue weighted by Crippen LogP contribution is -2.13. The van der Waals surface area contributed by atoms with Crippen molar-refractivity contribution in [2.45, 2.75) is 25.6 Å². The van der Waals surface area contributed by atoms with Gasteiger partial charge in [-0.15, -0.1) is 0 Å². The summed E-state index contributed by atoms with van der Waals surface area (Å²) in [6.07, 6.45) is 4.28. The molecule has 1 aromatic rings. The molecule has 0 aromatic carbocycles. The van der Waals surface area contributed by atoms with Crippen LogP contribution in [-0.4, -0.2) is 24.3 Å². The summed E-state index contributed by atoms with van der Waals surface area (Å²) in [7, 11) is 0. The van der Waals surface area contributed by atoms with Gasteiger partial charge in [0.05, 0.1) is 19.3 Å². The molecule has 1 aromatic heterocycles. The fourth-order valence-electron chi connectivity index (χ4n) is 1.58. The van der Waals surface area contributed by atoms with E-state index < -0.39 is 0 Å². The van der Waals surface area contributed by atoms with Crippen LogP contribution in [0.2, 0.25) is 5.15 Å². The van der Waals surface area contributed by atoms with Gasteiger partial charge < -0.3 is 9.47 Å². The second kappa shape index (κ2) is 5.45. The van der Waals surface area contributed by atoms with Crippen molar-refractivity contribution in [1.29, 1.82) is 0 Å². The Hall–Kier alpha value is -0.640. The van der Waals surface area contributed by atoms with Crippen molar-refractivity contribution >= 4 is 11.6 Å². The second-order valence-electron chi connectivity index (χ2n) is 3.64. The highest BCUT2D eigenvalue weighted by Crippen LogP contribution is 2.13. The zero-order valence-corrected chi connectivity index (χ0v) is 9.24. The number of nitrogens with zero attached hydrogens (tertiary/aromatic N) is 1. The Morgan fingerprint density at radius 2 is 2.47 bits per heavy atom. The van der Waals surface area contributed by atoms with E-state index in [1.807, 2.05) is 6.07 Å². The van der Waals surface area contributed by atoms with Gasteiger partial charge in [0.25, 0.3) is 0 Å². The Bertz CT molecular complexity index is 296. The van der Waals surface area contributed by atoms with Gasteiger partial charge in [-0.1, -0.05) is 17.7 Å². The van der Waals surface area contributed by atoms with Gasteiger partial charge in [0, 0.05) is 12.8 Å². The van der Waals surface area contributed by atoms with Crippen LogP contribution in [0.1, 0.15) is 18.4 Å². The van der Waals surface area contributed by atoms with Crippen molar-refractivity contribution in [2.75, 3.05) is 13.2 Å². The van der Waals surface area contributed by atoms with Crippen molar-refractivity contribution in [2.24, 2.45) is 0 Å². The molecule has 3 nitrogen and oxygen atoms in total. The second-order valence-corrected chi connectivity index (χ2v) is 4.03. The molecule has 0 saturated carbocycles. The summed E-state index contributed by atoms with van der Waals surface area (Å²) < 4.78 is 11.0. The van der Waals surface area contributed by atoms with Crippen molar-refractivity contribution < 1.29 is 9.47 Å². The Kier molecular flexibility index (Phi) is 3.94. The minimum absolute atomic E-state index is 0.283. The Labute approximate surface area is 94.4 Å². The highest BCUT2D eigenvalue weighted by atomic mass is 35.5. The van der Waals surface area contributed by atoms with Crippen LogP contribution in [0.4, 0.5) is 0 Å². The average Bonchev–Trinajstić information content (AvgIpc) is 2.74. The molecule has 0 aliphatic carbocycles. The minimum atomic E-state index is 0.283. The van der Waals surface area contributed by atoms with E-state index in [1.165, 1.54) is 0 Å². The topological polar surface area (TPSA) is 31.4 Å². The summed E-state index contributed by atoms with van der Waals surface area (Å²) >= 11 is 5.68. The van der Waals surface area contributed by atoms with Crippen LogP contribution >= 0.6 is 11.6 Å². The summed E-state index contributed by atoms with van der Waals surface area (Å²) in [5.74, 6) is 0. The number of ether oxygens (including phenoxy) is 2. The normalized spacial score (nSPS) is 20.7. The lowest BCUT2D eigenvalue weighted by atomic mass is 10.2. The van der Waals surface area contributed by atoms with E-state index in [9.17, 15) is 0 Å². The van der Waals surface area contributed by atoms with E-state index >= 15 is 0 Å². The van der Waals surface area contributed by atoms with Crippen LogP contribution in [-0.2, 0) is 16.1 Å². The number of aromatic nitrogens is 1. The number of pyridine rings is 1. The molecule has 2 rings (SSSR count). The largest absolute Gasteiger partial charge is 0.376 e. The van der Waals surface area contributed by atoms with Crippen LogP contribution in [0.15, 0.2) is 18.3 Å². The monoisotopic (exact) mass is 227 g/mol. The fraction of sp³-hybridized carbons (Fsp3) is 0.545. The van der Waals surface area contributed by atoms with E-state index in [0.29, 0.717) is 18.4 Å². The van der Waals surface area contributed by atoms with Crippen LogP contribution < -0.4 is 0 Å². The van der Waals surface area contributed by atoms with Crippen LogP contribution in [0.3, 0.4) is 0 Å². The zero-order chi connectivity index (χ0) is 10.5. The Balaban J connectivity index is 1.71. The third kappa shape index (κ3) is 3.45. The van der Waals surface area contributed by atoms with E-state index in [1.54, 1.807) is 12.3 Å². The van der Waals surface area contributed by atoms with Gasteiger partial charge in [-0.3, -0.25) is 0 Å². The molecular formula is C11H14ClNO2. The molecule has 1 aliphatic heterocycles. The third-order valence-electron chi connectivity index (χ3n) is 2.39. The molecule has 1 aliphatic rings. The average molecular weight is 228 g/mol. The molecule has 0 spiro atoms. The molecular weight excluding hydrogens is 214 g/mol. The molecule has 15 heavy (non-hydrogen) atoms. The van der Waals surface area contributed by atoms with Gasteiger partial charge in [0.2, 0.25) is 0 Å². The van der Waals surface area contributed by atoms with Crippen molar-refractivity contribution in [3.8, 4) is 0 Å². The van der Waals surface area contributed by atoms with Gasteiger partial charge in [0.15, 0.2) is 0 Å². The molecule has 1 atom stereocenters. The first-order valence-corrected chi connectivity index (χ1v) is 5.52. The van der Waals surface area contributed by atoms with E-state index in [4.69, 9.17) is 21.1 Å². The van der Waals surface area contributed by atoms with Crippen LogP contribution in [0.5, 0.6) is 0 Å². The summed E-state index contributed by atoms with van der Waals surface area (Å²) in [5, 5.41) is 0.512. The molecule has 0 amide bonds. The van der Waals surface area contributed by atoms with Crippen molar-refractivity contribution in [3.05, 3.63) is 29.0 Å². The molecule has 4 heteroatoms. The first kappa shape index (κ1) is 10.9. The summed E-state index contributed by atoms with van der Waals surface area (Å²) in [4.78, 5) is 3.98. The predicted molar refractivity (Wildman–Crippen MR) is 57.9 cm³/mol. The van der Waals surface area contributed by atoms with Gasteiger partial charge in [0.1, 0.15) is 5.15 Å². The minimum Gasteiger partial charge on any atom is -0.376 e. The SMILES string of the molecule is Clc1ccc(COCC2CCCO2)cn1. The van der Waals surface area contributed by atoms with Crippen LogP contribution in [0, 0.1) is 0 Å². The third-order valence-corrected chi connectivity index (χ3v) is 2.61. The smallest absolute Gasteiger partial charge is 0.129 e. The van der Waals surface area contributed by atoms with E-state index in [0.717, 1.165) is 25.0 Å². The highest BCUT2D eigenvalue weighted by molar-refractivity contribution is 6.29. The maximum atomic E-state index is 5.68. The van der Waals surface area contributed by atoms with E-state index in [2.05, 4.69) is 4.98 Å². The lowest BCUT2D eigenvalue weighted by Gasteiger charge is -2.09. The standard InChI is InChI=1S/C11H14ClNO2/c12-11-4-3-9(6-13-11)7-14-8-10-2-1-5-15-10/h3-4,6,10H,1-2,5,7-8H2. The number of hydrogen-bond donors (Lipinski definition) is 0. The van der Waals surface area contributed by atoms with Gasteiger partial charge in [-0.25, -0.2) is 4.98 Å². The summed E-state index contributed by atoms with van der Waals surface area (Å²) in [6.45, 7) is 2.11. The zero-order valence-electron chi connectivity index (χ0n) is 8.49. The number of hydrogen-bond acceptors (Lipinski definition) is 3. The number of rotatable bonds is 4. The first-order valence-electron chi connectivity index (χ1n) is 5.14. The van der Waals surface area contributed by atoms with E-state index in [-0.39, 0.29) is 6.10 Å². The Morgan fingerprint density at radius 1 is 1.53 bits per heavy atom. The summed E-state index contributed by atoms with van der Waals surface area (Å²) in [6, 6.07) is 3.69. The molecule has 1 saturated heterocycles. The molecule has 0 radical (unpaired) electrons. The van der Waals surface area contributed by atoms with Crippen molar-refractivity contribution in [1.82, 2.24) is 4.98 Å². The van der Waals surface area contributed by atoms with Crippen molar-refractivity contribution in [3.63, 3.8) is 0 Å². The quantitative estimate of drug-likeness (QED) is 0.741. The molecule has 0 N–H and O–H groups in total. The predicted octanol–water partition coefficient (Wildman–Crippen LogP) is 2.43. The molecule has 0 bridgehead atoms. The number of halogens is 1. The summed E-state index contributed by atoms with van der Waals surface area (Å²) in [5.41, 5.74) is 1.04. The maximum absolute atomic E-state index is 5.68. The van der Waals surface area contributed by atoms with Gasteiger partial charge in [-0.2, -0.15) is 0 Å². The molecule has 2 heterocycles.